The quantitative estimate of drug-likeness (QED) is 0.239. The molecule has 0 aliphatic rings. The van der Waals surface area contributed by atoms with Crippen LogP contribution >= 0.6 is 11.8 Å². The van der Waals surface area contributed by atoms with Gasteiger partial charge in [-0.15, -0.1) is 0 Å². The van der Waals surface area contributed by atoms with E-state index in [2.05, 4.69) is 10.3 Å². The Balaban J connectivity index is 1.79. The van der Waals surface area contributed by atoms with Crippen LogP contribution in [0.25, 0.3) is 16.6 Å². The van der Waals surface area contributed by atoms with Gasteiger partial charge in [0.2, 0.25) is 0 Å². The van der Waals surface area contributed by atoms with E-state index >= 15 is 0 Å². The molecule has 0 saturated heterocycles. The Morgan fingerprint density at radius 3 is 2.38 bits per heavy atom. The minimum atomic E-state index is -0.431. The van der Waals surface area contributed by atoms with E-state index in [1.54, 1.807) is 42.5 Å². The molecule has 4 rings (SSSR count). The van der Waals surface area contributed by atoms with Crippen LogP contribution < -0.4 is 10.9 Å². The molecule has 0 atom stereocenters. The Morgan fingerprint density at radius 1 is 1.00 bits per heavy atom. The van der Waals surface area contributed by atoms with Crippen molar-refractivity contribution in [2.45, 2.75) is 25.0 Å². The van der Waals surface area contributed by atoms with E-state index in [0.29, 0.717) is 27.7 Å². The molecule has 0 aliphatic heterocycles. The zero-order chi connectivity index (χ0) is 24.2. The lowest BCUT2D eigenvalue weighted by Gasteiger charge is -2.14. The fraction of sp³-hybridized carbons (Fsp3) is 0.154. The first-order valence-electron chi connectivity index (χ1n) is 10.7. The lowest BCUT2D eigenvalue weighted by atomic mass is 10.1. The van der Waals surface area contributed by atoms with Gasteiger partial charge >= 0.3 is 0 Å². The number of Topliss-reactive ketones (excluding diaryl/α,β-unsaturated/α-hetero) is 1. The maximum Gasteiger partial charge on any atom is 0.266 e. The topological polar surface area (TPSA) is 81.1 Å². The van der Waals surface area contributed by atoms with Crippen molar-refractivity contribution in [1.29, 1.82) is 0 Å². The first-order valence-corrected chi connectivity index (χ1v) is 11.7. The van der Waals surface area contributed by atoms with Gasteiger partial charge in [-0.3, -0.25) is 19.0 Å². The van der Waals surface area contributed by atoms with Gasteiger partial charge in [0.1, 0.15) is 5.82 Å². The van der Waals surface area contributed by atoms with Crippen molar-refractivity contribution in [2.24, 2.45) is 0 Å². The number of rotatable bonds is 7. The fourth-order valence-corrected chi connectivity index (χ4v) is 4.31. The lowest BCUT2D eigenvalue weighted by molar-refractivity contribution is 0.0942. The van der Waals surface area contributed by atoms with E-state index in [1.165, 1.54) is 28.8 Å². The second kappa shape index (κ2) is 10.0. The standard InChI is InChI=1S/C26H22FN3O3S/c1-16(2)28-24(32)18-8-13-21-22(14-18)29-26(34-15-23(31)17-6-4-3-5-7-17)30(25(21)33)20-11-9-19(27)10-12-20/h3-14,16H,15H2,1-2H3,(H,28,32). The van der Waals surface area contributed by atoms with E-state index in [1.807, 2.05) is 19.9 Å². The highest BCUT2D eigenvalue weighted by atomic mass is 32.2. The van der Waals surface area contributed by atoms with Gasteiger partial charge in [0.15, 0.2) is 10.9 Å². The molecule has 1 aromatic heterocycles. The second-order valence-electron chi connectivity index (χ2n) is 7.95. The number of nitrogens with zero attached hydrogens (tertiary/aromatic N) is 2. The predicted molar refractivity (Wildman–Crippen MR) is 131 cm³/mol. The number of hydrogen-bond donors (Lipinski definition) is 1. The molecule has 0 aliphatic carbocycles. The summed E-state index contributed by atoms with van der Waals surface area (Å²) in [7, 11) is 0. The highest BCUT2D eigenvalue weighted by Crippen LogP contribution is 2.23. The molecular formula is C26H22FN3O3S. The van der Waals surface area contributed by atoms with E-state index in [-0.39, 0.29) is 34.2 Å². The van der Waals surface area contributed by atoms with Crippen LogP contribution in [0.1, 0.15) is 34.6 Å². The Labute approximate surface area is 199 Å². The third-order valence-corrected chi connectivity index (χ3v) is 5.97. The van der Waals surface area contributed by atoms with Crippen LogP contribution in [0.3, 0.4) is 0 Å². The van der Waals surface area contributed by atoms with Crippen molar-refractivity contribution < 1.29 is 14.0 Å². The molecule has 0 spiro atoms. The number of ketones is 1. The molecule has 6 nitrogen and oxygen atoms in total. The fourth-order valence-electron chi connectivity index (χ4n) is 3.40. The van der Waals surface area contributed by atoms with Crippen molar-refractivity contribution in [1.82, 2.24) is 14.9 Å². The van der Waals surface area contributed by atoms with Gasteiger partial charge in [0, 0.05) is 17.2 Å². The lowest BCUT2D eigenvalue weighted by Crippen LogP contribution is -2.30. The molecule has 34 heavy (non-hydrogen) atoms. The Bertz CT molecular complexity index is 1420. The highest BCUT2D eigenvalue weighted by molar-refractivity contribution is 7.99. The largest absolute Gasteiger partial charge is 0.350 e. The summed E-state index contributed by atoms with van der Waals surface area (Å²) in [5, 5.41) is 3.40. The van der Waals surface area contributed by atoms with Crippen LogP contribution in [-0.2, 0) is 0 Å². The third-order valence-electron chi connectivity index (χ3n) is 5.03. The predicted octanol–water partition coefficient (Wildman–Crippen LogP) is 4.64. The van der Waals surface area contributed by atoms with Gasteiger partial charge in [-0.1, -0.05) is 42.1 Å². The molecule has 0 saturated carbocycles. The van der Waals surface area contributed by atoms with Gasteiger partial charge in [-0.05, 0) is 56.3 Å². The van der Waals surface area contributed by atoms with Crippen LogP contribution in [0.5, 0.6) is 0 Å². The Morgan fingerprint density at radius 2 is 1.71 bits per heavy atom. The molecule has 1 amide bonds. The van der Waals surface area contributed by atoms with Crippen LogP contribution in [0, 0.1) is 5.82 Å². The number of thioether (sulfide) groups is 1. The van der Waals surface area contributed by atoms with Crippen molar-refractivity contribution in [2.75, 3.05) is 5.75 Å². The minimum Gasteiger partial charge on any atom is -0.350 e. The normalized spacial score (nSPS) is 11.1. The molecular weight excluding hydrogens is 453 g/mol. The molecule has 0 radical (unpaired) electrons. The maximum atomic E-state index is 13.5. The van der Waals surface area contributed by atoms with Crippen LogP contribution in [0.15, 0.2) is 82.7 Å². The summed E-state index contributed by atoms with van der Waals surface area (Å²) in [6.07, 6.45) is 0. The summed E-state index contributed by atoms with van der Waals surface area (Å²) in [5.74, 6) is -0.762. The van der Waals surface area contributed by atoms with Gasteiger partial charge in [0.05, 0.1) is 22.3 Å². The van der Waals surface area contributed by atoms with Crippen LogP contribution in [0.2, 0.25) is 0 Å². The molecule has 8 heteroatoms. The molecule has 0 bridgehead atoms. The molecule has 0 unspecified atom stereocenters. The summed E-state index contributed by atoms with van der Waals surface area (Å²) in [4.78, 5) is 43.2. The maximum absolute atomic E-state index is 13.5. The first-order chi connectivity index (χ1) is 16.3. The van der Waals surface area contributed by atoms with Crippen molar-refractivity contribution >= 4 is 34.4 Å². The molecule has 172 valence electrons. The number of aromatic nitrogens is 2. The number of hydrogen-bond acceptors (Lipinski definition) is 5. The summed E-state index contributed by atoms with van der Waals surface area (Å²) in [6, 6.07) is 19.0. The average Bonchev–Trinajstić information content (AvgIpc) is 2.83. The first kappa shape index (κ1) is 23.4. The van der Waals surface area contributed by atoms with Gasteiger partial charge in [-0.2, -0.15) is 0 Å². The number of halogens is 1. The summed E-state index contributed by atoms with van der Waals surface area (Å²) in [5.41, 5.74) is 1.33. The van der Waals surface area contributed by atoms with E-state index in [4.69, 9.17) is 0 Å². The molecule has 0 fully saturated rings. The molecule has 4 aromatic rings. The van der Waals surface area contributed by atoms with Crippen molar-refractivity contribution in [3.05, 3.63) is 100 Å². The molecule has 1 N–H and O–H groups in total. The highest BCUT2D eigenvalue weighted by Gasteiger charge is 2.17. The van der Waals surface area contributed by atoms with Crippen molar-refractivity contribution in [3.8, 4) is 5.69 Å². The average molecular weight is 476 g/mol. The number of amides is 1. The smallest absolute Gasteiger partial charge is 0.266 e. The Hall–Kier alpha value is -3.78. The van der Waals surface area contributed by atoms with Gasteiger partial charge < -0.3 is 5.32 Å². The SMILES string of the molecule is CC(C)NC(=O)c1ccc2c(=O)n(-c3ccc(F)cc3)c(SCC(=O)c3ccccc3)nc2c1. The van der Waals surface area contributed by atoms with Crippen LogP contribution in [0.4, 0.5) is 4.39 Å². The van der Waals surface area contributed by atoms with E-state index in [0.717, 1.165) is 11.8 Å². The zero-order valence-corrected chi connectivity index (χ0v) is 19.4. The molecule has 3 aromatic carbocycles. The summed E-state index contributed by atoms with van der Waals surface area (Å²) in [6.45, 7) is 3.72. The molecule has 1 heterocycles. The zero-order valence-electron chi connectivity index (χ0n) is 18.6. The number of carbonyl (C=O) groups is 2. The number of nitrogens with one attached hydrogen (secondary N) is 1. The van der Waals surface area contributed by atoms with Crippen molar-refractivity contribution in [3.63, 3.8) is 0 Å². The van der Waals surface area contributed by atoms with E-state index < -0.39 is 5.82 Å². The summed E-state index contributed by atoms with van der Waals surface area (Å²) < 4.78 is 14.9. The van der Waals surface area contributed by atoms with Crippen LogP contribution in [-0.4, -0.2) is 33.0 Å². The number of carbonyl (C=O) groups excluding carboxylic acids is 2. The van der Waals surface area contributed by atoms with Gasteiger partial charge in [0.25, 0.3) is 11.5 Å². The monoisotopic (exact) mass is 475 g/mol. The van der Waals surface area contributed by atoms with Gasteiger partial charge in [-0.25, -0.2) is 9.37 Å². The third kappa shape index (κ3) is 5.07. The van der Waals surface area contributed by atoms with E-state index in [9.17, 15) is 18.8 Å². The second-order valence-corrected chi connectivity index (χ2v) is 8.89. The summed E-state index contributed by atoms with van der Waals surface area (Å²) >= 11 is 1.11. The number of benzene rings is 3. The number of fused-ring (bicyclic) bond motifs is 1. The Kier molecular flexibility index (Phi) is 6.88. The minimum absolute atomic E-state index is 0.0438.